The van der Waals surface area contributed by atoms with Crippen LogP contribution in [-0.4, -0.2) is 31.1 Å². The molecule has 2 heterocycles. The van der Waals surface area contributed by atoms with Crippen LogP contribution in [0.4, 0.5) is 5.82 Å². The van der Waals surface area contributed by atoms with Gasteiger partial charge in [-0.2, -0.15) is 0 Å². The Morgan fingerprint density at radius 2 is 2.05 bits per heavy atom. The highest BCUT2D eigenvalue weighted by molar-refractivity contribution is 9.10. The van der Waals surface area contributed by atoms with Gasteiger partial charge in [-0.25, -0.2) is 13.4 Å². The Labute approximate surface area is 124 Å². The molecule has 19 heavy (non-hydrogen) atoms. The van der Waals surface area contributed by atoms with Crippen LogP contribution in [-0.2, 0) is 13.8 Å². The maximum Gasteiger partial charge on any atom is 0.237 e. The van der Waals surface area contributed by atoms with E-state index in [0.29, 0.717) is 5.82 Å². The fraction of sp³-hybridized carbons (Fsp3) is 0.455. The Bertz CT molecular complexity index is 648. The molecule has 0 aliphatic carbocycles. The number of halogens is 2. The van der Waals surface area contributed by atoms with E-state index in [-0.39, 0.29) is 18.9 Å². The van der Waals surface area contributed by atoms with Crippen LogP contribution in [0.15, 0.2) is 10.7 Å². The van der Waals surface area contributed by atoms with E-state index in [4.69, 9.17) is 10.7 Å². The van der Waals surface area contributed by atoms with Gasteiger partial charge in [0.1, 0.15) is 11.1 Å². The molecular formula is C11H12BrClN2O3S. The van der Waals surface area contributed by atoms with E-state index in [2.05, 4.69) is 20.9 Å². The number of amides is 1. The molecule has 1 aromatic heterocycles. The Kier molecular flexibility index (Phi) is 3.90. The second kappa shape index (κ2) is 5.03. The molecule has 0 saturated carbocycles. The Morgan fingerprint density at radius 1 is 1.42 bits per heavy atom. The molecule has 1 amide bonds. The molecule has 1 fully saturated rings. The van der Waals surface area contributed by atoms with Crippen LogP contribution in [0, 0.1) is 13.8 Å². The third-order valence-electron chi connectivity index (χ3n) is 3.30. The number of hydrogen-bond donors (Lipinski definition) is 0. The van der Waals surface area contributed by atoms with Gasteiger partial charge in [-0.05, 0) is 40.9 Å². The number of anilines is 1. The van der Waals surface area contributed by atoms with Crippen molar-refractivity contribution in [2.75, 3.05) is 11.4 Å². The molecule has 104 valence electrons. The average molecular weight is 368 g/mol. The summed E-state index contributed by atoms with van der Waals surface area (Å²) in [4.78, 5) is 17.5. The van der Waals surface area contributed by atoms with Crippen molar-refractivity contribution in [3.05, 3.63) is 21.8 Å². The van der Waals surface area contributed by atoms with E-state index in [1.165, 1.54) is 4.90 Å². The van der Waals surface area contributed by atoms with E-state index < -0.39 is 14.3 Å². The lowest BCUT2D eigenvalue weighted by atomic mass is 10.1. The number of hydrogen-bond acceptors (Lipinski definition) is 4. The standard InChI is InChI=1S/C11H12BrClN2O3S/c1-6-7(2)11(14-4-9(6)12)15-5-8(3-10(15)16)19(13,17)18/h4,8H,3,5H2,1-2H3. The molecule has 0 spiro atoms. The summed E-state index contributed by atoms with van der Waals surface area (Å²) in [7, 11) is 1.58. The number of nitrogens with zero attached hydrogens (tertiary/aromatic N) is 2. The van der Waals surface area contributed by atoms with Crippen molar-refractivity contribution < 1.29 is 13.2 Å². The average Bonchev–Trinajstić information content (AvgIpc) is 2.68. The zero-order valence-corrected chi connectivity index (χ0v) is 13.5. The van der Waals surface area contributed by atoms with Crippen LogP contribution in [0.3, 0.4) is 0 Å². The minimum atomic E-state index is -3.73. The Morgan fingerprint density at radius 3 is 2.58 bits per heavy atom. The van der Waals surface area contributed by atoms with Gasteiger partial charge in [0.15, 0.2) is 0 Å². The van der Waals surface area contributed by atoms with E-state index >= 15 is 0 Å². The number of carbonyl (C=O) groups excluding carboxylic acids is 1. The zero-order valence-electron chi connectivity index (χ0n) is 10.4. The smallest absolute Gasteiger partial charge is 0.237 e. The summed E-state index contributed by atoms with van der Waals surface area (Å²) < 4.78 is 23.5. The Balaban J connectivity index is 2.39. The molecule has 0 N–H and O–H groups in total. The summed E-state index contributed by atoms with van der Waals surface area (Å²) in [5.74, 6) is 0.222. The van der Waals surface area contributed by atoms with Gasteiger partial charge in [-0.15, -0.1) is 0 Å². The highest BCUT2D eigenvalue weighted by Crippen LogP contribution is 2.30. The van der Waals surface area contributed by atoms with Gasteiger partial charge in [0.25, 0.3) is 0 Å². The van der Waals surface area contributed by atoms with E-state index in [0.717, 1.165) is 15.6 Å². The maximum absolute atomic E-state index is 11.9. The third kappa shape index (κ3) is 2.78. The fourth-order valence-electron chi connectivity index (χ4n) is 2.00. The van der Waals surface area contributed by atoms with Crippen LogP contribution in [0.1, 0.15) is 17.5 Å². The predicted octanol–water partition coefficient (Wildman–Crippen LogP) is 2.13. The van der Waals surface area contributed by atoms with Gasteiger partial charge in [0, 0.05) is 34.3 Å². The first kappa shape index (κ1) is 14.7. The number of carbonyl (C=O) groups is 1. The van der Waals surface area contributed by atoms with Crippen LogP contribution in [0.25, 0.3) is 0 Å². The number of pyridine rings is 1. The van der Waals surface area contributed by atoms with Crippen molar-refractivity contribution in [2.45, 2.75) is 25.5 Å². The summed E-state index contributed by atoms with van der Waals surface area (Å²) >= 11 is 3.36. The molecular weight excluding hydrogens is 356 g/mol. The maximum atomic E-state index is 11.9. The van der Waals surface area contributed by atoms with Crippen molar-refractivity contribution in [1.82, 2.24) is 4.98 Å². The second-order valence-corrected chi connectivity index (χ2v) is 8.25. The van der Waals surface area contributed by atoms with E-state index in [1.807, 2.05) is 13.8 Å². The molecule has 8 heteroatoms. The summed E-state index contributed by atoms with van der Waals surface area (Å²) in [6.07, 6.45) is 1.51. The molecule has 0 bridgehead atoms. The first-order chi connectivity index (χ1) is 8.71. The summed E-state index contributed by atoms with van der Waals surface area (Å²) in [5.41, 5.74) is 1.81. The molecule has 2 rings (SSSR count). The topological polar surface area (TPSA) is 67.3 Å². The van der Waals surface area contributed by atoms with Gasteiger partial charge < -0.3 is 0 Å². The van der Waals surface area contributed by atoms with Crippen molar-refractivity contribution in [3.8, 4) is 0 Å². The van der Waals surface area contributed by atoms with Gasteiger partial charge in [-0.1, -0.05) is 0 Å². The summed E-state index contributed by atoms with van der Waals surface area (Å²) in [6, 6.07) is 0. The molecule has 1 aliphatic heterocycles. The zero-order chi connectivity index (χ0) is 14.4. The van der Waals surface area contributed by atoms with Crippen molar-refractivity contribution in [2.24, 2.45) is 0 Å². The van der Waals surface area contributed by atoms with Crippen molar-refractivity contribution in [3.63, 3.8) is 0 Å². The molecule has 1 aromatic rings. The molecule has 1 atom stereocenters. The lowest BCUT2D eigenvalue weighted by Gasteiger charge is -2.19. The highest BCUT2D eigenvalue weighted by atomic mass is 79.9. The normalized spacial score (nSPS) is 20.1. The monoisotopic (exact) mass is 366 g/mol. The summed E-state index contributed by atoms with van der Waals surface area (Å²) in [6.45, 7) is 3.80. The molecule has 0 radical (unpaired) electrons. The quantitative estimate of drug-likeness (QED) is 0.751. The molecule has 5 nitrogen and oxygen atoms in total. The lowest BCUT2D eigenvalue weighted by Crippen LogP contribution is -2.28. The number of aromatic nitrogens is 1. The van der Waals surface area contributed by atoms with Crippen molar-refractivity contribution >= 4 is 47.4 Å². The van der Waals surface area contributed by atoms with Crippen LogP contribution < -0.4 is 4.90 Å². The fourth-order valence-corrected chi connectivity index (χ4v) is 3.43. The Hall–Kier alpha value is -0.660. The summed E-state index contributed by atoms with van der Waals surface area (Å²) in [5, 5.41) is -0.869. The second-order valence-electron chi connectivity index (χ2n) is 4.49. The molecule has 1 saturated heterocycles. The molecule has 1 unspecified atom stereocenters. The van der Waals surface area contributed by atoms with Gasteiger partial charge in [-0.3, -0.25) is 9.69 Å². The van der Waals surface area contributed by atoms with Crippen LogP contribution in [0.2, 0.25) is 0 Å². The largest absolute Gasteiger partial charge is 0.295 e. The van der Waals surface area contributed by atoms with E-state index in [1.54, 1.807) is 6.20 Å². The number of rotatable bonds is 2. The SMILES string of the molecule is Cc1c(Br)cnc(N2CC(S(=O)(=O)Cl)CC2=O)c1C. The lowest BCUT2D eigenvalue weighted by molar-refractivity contribution is -0.117. The van der Waals surface area contributed by atoms with Gasteiger partial charge in [0.05, 0.1) is 0 Å². The van der Waals surface area contributed by atoms with Gasteiger partial charge in [0.2, 0.25) is 15.0 Å². The first-order valence-electron chi connectivity index (χ1n) is 5.57. The van der Waals surface area contributed by atoms with Crippen LogP contribution in [0.5, 0.6) is 0 Å². The molecule has 1 aliphatic rings. The van der Waals surface area contributed by atoms with Gasteiger partial charge >= 0.3 is 0 Å². The highest BCUT2D eigenvalue weighted by Gasteiger charge is 2.39. The molecule has 0 aromatic carbocycles. The van der Waals surface area contributed by atoms with Crippen molar-refractivity contribution in [1.29, 1.82) is 0 Å². The minimum absolute atomic E-state index is 0.0551. The minimum Gasteiger partial charge on any atom is -0.295 e. The predicted molar refractivity (Wildman–Crippen MR) is 76.9 cm³/mol. The van der Waals surface area contributed by atoms with Crippen LogP contribution >= 0.6 is 26.6 Å². The first-order valence-corrected chi connectivity index (χ1v) is 8.74. The van der Waals surface area contributed by atoms with E-state index in [9.17, 15) is 13.2 Å². The third-order valence-corrected chi connectivity index (χ3v) is 5.97.